The van der Waals surface area contributed by atoms with E-state index in [1.54, 1.807) is 19.1 Å². The lowest BCUT2D eigenvalue weighted by Gasteiger charge is -2.32. The molecule has 1 fully saturated rings. The van der Waals surface area contributed by atoms with Gasteiger partial charge in [0.15, 0.2) is 0 Å². The Balaban J connectivity index is 1.60. The molecule has 1 N–H and O–H groups in total. The van der Waals surface area contributed by atoms with Crippen LogP contribution in [0.4, 0.5) is 0 Å². The van der Waals surface area contributed by atoms with Crippen molar-refractivity contribution in [2.45, 2.75) is 51.0 Å². The molecule has 1 saturated carbocycles. The topological polar surface area (TPSA) is 66.5 Å². The summed E-state index contributed by atoms with van der Waals surface area (Å²) < 4.78 is 27.9. The molecule has 29 heavy (non-hydrogen) atoms. The number of carbonyl (C=O) groups excluding carboxylic acids is 1. The summed E-state index contributed by atoms with van der Waals surface area (Å²) >= 11 is 0. The van der Waals surface area contributed by atoms with Gasteiger partial charge in [-0.1, -0.05) is 48.9 Å². The minimum atomic E-state index is -3.63. The molecule has 1 aliphatic rings. The van der Waals surface area contributed by atoms with Gasteiger partial charge in [-0.15, -0.1) is 0 Å². The van der Waals surface area contributed by atoms with Gasteiger partial charge in [0.1, 0.15) is 0 Å². The number of sulfonamides is 1. The van der Waals surface area contributed by atoms with Crippen LogP contribution in [0.5, 0.6) is 0 Å². The molecular formula is C23H30N2O3S. The van der Waals surface area contributed by atoms with E-state index >= 15 is 0 Å². The number of rotatable bonds is 9. The Labute approximate surface area is 174 Å². The highest BCUT2D eigenvalue weighted by Crippen LogP contribution is 2.28. The first kappa shape index (κ1) is 21.5. The third kappa shape index (κ3) is 5.90. The van der Waals surface area contributed by atoms with Crippen LogP contribution in [0.3, 0.4) is 0 Å². The normalized spacial score (nSPS) is 14.4. The first-order valence-electron chi connectivity index (χ1n) is 10.2. The van der Waals surface area contributed by atoms with E-state index in [0.717, 1.165) is 30.5 Å². The Morgan fingerprint density at radius 3 is 2.48 bits per heavy atom. The van der Waals surface area contributed by atoms with Crippen molar-refractivity contribution in [2.75, 3.05) is 13.1 Å². The van der Waals surface area contributed by atoms with E-state index in [9.17, 15) is 13.2 Å². The Kier molecular flexibility index (Phi) is 7.09. The summed E-state index contributed by atoms with van der Waals surface area (Å²) in [5.41, 5.74) is 2.68. The Bertz CT molecular complexity index is 938. The molecule has 0 aliphatic heterocycles. The minimum Gasteiger partial charge on any atom is -0.338 e. The lowest BCUT2D eigenvalue weighted by molar-refractivity contribution is -0.132. The summed E-state index contributed by atoms with van der Waals surface area (Å²) in [6.45, 7) is 5.06. The van der Waals surface area contributed by atoms with Gasteiger partial charge in [0.2, 0.25) is 15.9 Å². The number of aryl methyl sites for hydroxylation is 2. The molecule has 0 unspecified atom stereocenters. The van der Waals surface area contributed by atoms with Crippen LogP contribution in [0.2, 0.25) is 0 Å². The molecule has 0 spiro atoms. The van der Waals surface area contributed by atoms with E-state index < -0.39 is 10.0 Å². The van der Waals surface area contributed by atoms with Crippen molar-refractivity contribution < 1.29 is 13.2 Å². The number of hydrogen-bond acceptors (Lipinski definition) is 3. The van der Waals surface area contributed by atoms with E-state index in [4.69, 9.17) is 0 Å². The number of carbonyl (C=O) groups is 1. The molecule has 3 rings (SSSR count). The van der Waals surface area contributed by atoms with Gasteiger partial charge in [-0.25, -0.2) is 13.1 Å². The Morgan fingerprint density at radius 1 is 1.10 bits per heavy atom. The van der Waals surface area contributed by atoms with Crippen molar-refractivity contribution in [1.29, 1.82) is 0 Å². The molecule has 0 saturated heterocycles. The van der Waals surface area contributed by atoms with E-state index in [2.05, 4.69) is 4.72 Å². The van der Waals surface area contributed by atoms with Gasteiger partial charge in [0.05, 0.1) is 4.90 Å². The molecule has 6 heteroatoms. The van der Waals surface area contributed by atoms with Crippen LogP contribution in [-0.2, 0) is 21.4 Å². The maximum Gasteiger partial charge on any atom is 0.240 e. The molecule has 0 heterocycles. The molecule has 156 valence electrons. The number of nitrogens with one attached hydrogen (secondary N) is 1. The summed E-state index contributed by atoms with van der Waals surface area (Å²) in [5, 5.41) is 0. The van der Waals surface area contributed by atoms with Crippen molar-refractivity contribution in [1.82, 2.24) is 9.62 Å². The molecule has 1 amide bonds. The van der Waals surface area contributed by atoms with Crippen LogP contribution in [-0.4, -0.2) is 32.3 Å². The summed E-state index contributed by atoms with van der Waals surface area (Å²) in [6, 6.07) is 15.3. The van der Waals surface area contributed by atoms with Crippen LogP contribution >= 0.6 is 0 Å². The first-order chi connectivity index (χ1) is 13.8. The number of nitrogens with zero attached hydrogens (tertiary/aromatic N) is 1. The fourth-order valence-corrected chi connectivity index (χ4v) is 4.93. The predicted octanol–water partition coefficient (Wildman–Crippen LogP) is 3.80. The van der Waals surface area contributed by atoms with Crippen molar-refractivity contribution in [3.05, 3.63) is 65.2 Å². The second kappa shape index (κ2) is 9.55. The number of benzene rings is 2. The van der Waals surface area contributed by atoms with Crippen molar-refractivity contribution in [3.63, 3.8) is 0 Å². The van der Waals surface area contributed by atoms with Crippen LogP contribution in [0.25, 0.3) is 0 Å². The van der Waals surface area contributed by atoms with Crippen LogP contribution in [0.15, 0.2) is 53.4 Å². The molecule has 0 aromatic heterocycles. The Morgan fingerprint density at radius 2 is 1.83 bits per heavy atom. The highest BCUT2D eigenvalue weighted by molar-refractivity contribution is 7.89. The third-order valence-corrected chi connectivity index (χ3v) is 7.14. The highest BCUT2D eigenvalue weighted by atomic mass is 32.2. The second-order valence-electron chi connectivity index (χ2n) is 7.97. The van der Waals surface area contributed by atoms with Gasteiger partial charge in [0.25, 0.3) is 0 Å². The largest absolute Gasteiger partial charge is 0.338 e. The number of amides is 1. The standard InChI is InChI=1S/C23H30N2O3S/c1-18-11-12-19(2)22(15-18)29(27,28)24-14-13-23(26)25(17-21-9-6-10-21)16-20-7-4-3-5-8-20/h3-5,7-8,11-12,15,21,24H,6,9-10,13-14,16-17H2,1-2H3. The summed E-state index contributed by atoms with van der Waals surface area (Å²) in [6.07, 6.45) is 3.72. The average molecular weight is 415 g/mol. The van der Waals surface area contributed by atoms with Gasteiger partial charge >= 0.3 is 0 Å². The van der Waals surface area contributed by atoms with Crippen molar-refractivity contribution in [3.8, 4) is 0 Å². The van der Waals surface area contributed by atoms with Crippen molar-refractivity contribution in [2.24, 2.45) is 5.92 Å². The fraction of sp³-hybridized carbons (Fsp3) is 0.435. The summed E-state index contributed by atoms with van der Waals surface area (Å²) in [7, 11) is -3.63. The maximum atomic E-state index is 12.9. The molecule has 0 atom stereocenters. The van der Waals surface area contributed by atoms with Gasteiger partial charge < -0.3 is 4.90 Å². The van der Waals surface area contributed by atoms with E-state index in [0.29, 0.717) is 18.0 Å². The van der Waals surface area contributed by atoms with E-state index in [1.165, 1.54) is 6.42 Å². The minimum absolute atomic E-state index is 0.00980. The first-order valence-corrected chi connectivity index (χ1v) is 11.7. The zero-order valence-corrected chi connectivity index (χ0v) is 18.0. The molecule has 2 aromatic rings. The molecule has 0 radical (unpaired) electrons. The molecule has 1 aliphatic carbocycles. The van der Waals surface area contributed by atoms with Crippen LogP contribution in [0.1, 0.15) is 42.4 Å². The van der Waals surface area contributed by atoms with Crippen LogP contribution < -0.4 is 4.72 Å². The highest BCUT2D eigenvalue weighted by Gasteiger charge is 2.24. The predicted molar refractivity (Wildman–Crippen MR) is 115 cm³/mol. The van der Waals surface area contributed by atoms with E-state index in [1.807, 2.05) is 48.2 Å². The second-order valence-corrected chi connectivity index (χ2v) is 9.71. The molecule has 5 nitrogen and oxygen atoms in total. The average Bonchev–Trinajstić information content (AvgIpc) is 2.66. The molecule has 0 bridgehead atoms. The SMILES string of the molecule is Cc1ccc(C)c(S(=O)(=O)NCCC(=O)N(Cc2ccccc2)CC2CCC2)c1. The van der Waals surface area contributed by atoms with Gasteiger partial charge in [-0.3, -0.25) is 4.79 Å². The zero-order chi connectivity index (χ0) is 20.9. The van der Waals surface area contributed by atoms with Crippen molar-refractivity contribution >= 4 is 15.9 Å². The summed E-state index contributed by atoms with van der Waals surface area (Å²) in [4.78, 5) is 15.0. The van der Waals surface area contributed by atoms with Gasteiger partial charge in [-0.2, -0.15) is 0 Å². The fourth-order valence-electron chi connectivity index (χ4n) is 3.57. The van der Waals surface area contributed by atoms with Gasteiger partial charge in [-0.05, 0) is 55.4 Å². The monoisotopic (exact) mass is 414 g/mol. The smallest absolute Gasteiger partial charge is 0.240 e. The Hall–Kier alpha value is -2.18. The zero-order valence-electron chi connectivity index (χ0n) is 17.2. The molecular weight excluding hydrogens is 384 g/mol. The lowest BCUT2D eigenvalue weighted by Crippen LogP contribution is -2.38. The maximum absolute atomic E-state index is 12.9. The summed E-state index contributed by atoms with van der Waals surface area (Å²) in [5.74, 6) is 0.554. The number of hydrogen-bond donors (Lipinski definition) is 1. The van der Waals surface area contributed by atoms with Crippen LogP contribution in [0, 0.1) is 19.8 Å². The van der Waals surface area contributed by atoms with Gasteiger partial charge in [0, 0.05) is 26.1 Å². The molecule has 2 aromatic carbocycles. The van der Waals surface area contributed by atoms with E-state index in [-0.39, 0.29) is 23.8 Å². The quantitative estimate of drug-likeness (QED) is 0.679. The third-order valence-electron chi connectivity index (χ3n) is 5.54. The lowest BCUT2D eigenvalue weighted by atomic mass is 9.85.